The highest BCUT2D eigenvalue weighted by molar-refractivity contribution is 5.70. The number of hydrogen-bond donors (Lipinski definition) is 1. The molecule has 17 heavy (non-hydrogen) atoms. The summed E-state index contributed by atoms with van der Waals surface area (Å²) in [5, 5.41) is 8.89. The molecule has 4 nitrogen and oxygen atoms in total. The smallest absolute Gasteiger partial charge is 0.309 e. The van der Waals surface area contributed by atoms with Gasteiger partial charge in [-0.2, -0.15) is 0 Å². The number of nitrogens with zero attached hydrogens (tertiary/aromatic N) is 2. The predicted molar refractivity (Wildman–Crippen MR) is 60.6 cm³/mol. The van der Waals surface area contributed by atoms with E-state index in [9.17, 15) is 9.18 Å². The van der Waals surface area contributed by atoms with E-state index >= 15 is 0 Å². The van der Waals surface area contributed by atoms with Crippen LogP contribution in [0.15, 0.2) is 18.3 Å². The Hall–Kier alpha value is -1.91. The number of carboxylic acid groups (broad SMARTS) is 1. The Kier molecular flexibility index (Phi) is 2.83. The molecule has 0 saturated carbocycles. The zero-order valence-electron chi connectivity index (χ0n) is 9.64. The Morgan fingerprint density at radius 1 is 1.53 bits per heavy atom. The van der Waals surface area contributed by atoms with E-state index in [1.54, 1.807) is 6.07 Å². The number of fused-ring (bicyclic) bond motifs is 1. The molecule has 90 valence electrons. The van der Waals surface area contributed by atoms with Gasteiger partial charge in [0.25, 0.3) is 0 Å². The second-order valence-electron chi connectivity index (χ2n) is 4.24. The van der Waals surface area contributed by atoms with Crippen molar-refractivity contribution in [3.8, 4) is 0 Å². The molecule has 0 atom stereocenters. The number of halogens is 1. The first kappa shape index (κ1) is 11.6. The van der Waals surface area contributed by atoms with Crippen molar-refractivity contribution in [1.82, 2.24) is 9.38 Å². The van der Waals surface area contributed by atoms with Gasteiger partial charge in [-0.3, -0.25) is 4.79 Å². The lowest BCUT2D eigenvalue weighted by Crippen LogP contribution is -2.07. The summed E-state index contributed by atoms with van der Waals surface area (Å²) in [4.78, 5) is 15.2. The second-order valence-corrected chi connectivity index (χ2v) is 4.24. The normalized spacial score (nSPS) is 11.3. The number of hydrogen-bond acceptors (Lipinski definition) is 2. The number of pyridine rings is 1. The molecule has 2 rings (SSSR count). The third-order valence-corrected chi connectivity index (χ3v) is 2.58. The van der Waals surface area contributed by atoms with Crippen molar-refractivity contribution >= 4 is 11.6 Å². The molecule has 0 spiro atoms. The van der Waals surface area contributed by atoms with Crippen molar-refractivity contribution in [3.63, 3.8) is 0 Å². The summed E-state index contributed by atoms with van der Waals surface area (Å²) in [5.74, 6) is -1.25. The number of carboxylic acids is 1. The topological polar surface area (TPSA) is 54.6 Å². The van der Waals surface area contributed by atoms with Gasteiger partial charge >= 0.3 is 5.97 Å². The van der Waals surface area contributed by atoms with Crippen molar-refractivity contribution in [2.24, 2.45) is 0 Å². The third-order valence-electron chi connectivity index (χ3n) is 2.58. The van der Waals surface area contributed by atoms with Crippen LogP contribution in [-0.2, 0) is 11.2 Å². The third kappa shape index (κ3) is 2.13. The van der Waals surface area contributed by atoms with E-state index in [1.807, 2.05) is 13.8 Å². The van der Waals surface area contributed by atoms with Crippen LogP contribution in [0.4, 0.5) is 4.39 Å². The summed E-state index contributed by atoms with van der Waals surface area (Å²) < 4.78 is 14.7. The summed E-state index contributed by atoms with van der Waals surface area (Å²) in [6.45, 7) is 3.87. The zero-order chi connectivity index (χ0) is 12.6. The Labute approximate surface area is 97.7 Å². The lowest BCUT2D eigenvalue weighted by molar-refractivity contribution is -0.136. The van der Waals surface area contributed by atoms with Crippen LogP contribution in [0.1, 0.15) is 31.2 Å². The molecule has 5 heteroatoms. The monoisotopic (exact) mass is 236 g/mol. The molecule has 0 aliphatic heterocycles. The standard InChI is InChI=1S/C12H13FN2O2/c1-7(2)12-9(5-11(16)17)15-6-8(13)3-4-10(15)14-12/h3-4,6-7H,5H2,1-2H3,(H,16,17). The molecule has 0 amide bonds. The SMILES string of the molecule is CC(C)c1nc2ccc(F)cn2c1CC(=O)O. The molecule has 2 heterocycles. The maximum absolute atomic E-state index is 13.2. The number of carbonyl (C=O) groups is 1. The maximum Gasteiger partial charge on any atom is 0.309 e. The predicted octanol–water partition coefficient (Wildman–Crippen LogP) is 2.22. The van der Waals surface area contributed by atoms with Gasteiger partial charge in [0.2, 0.25) is 0 Å². The highest BCUT2D eigenvalue weighted by Crippen LogP contribution is 2.21. The Morgan fingerprint density at radius 2 is 2.24 bits per heavy atom. The fourth-order valence-electron chi connectivity index (χ4n) is 1.87. The Balaban J connectivity index is 2.68. The summed E-state index contributed by atoms with van der Waals surface area (Å²) >= 11 is 0. The average Bonchev–Trinajstić information content (AvgIpc) is 2.56. The van der Waals surface area contributed by atoms with E-state index in [4.69, 9.17) is 5.11 Å². The van der Waals surface area contributed by atoms with E-state index in [0.717, 1.165) is 0 Å². The molecule has 0 bridgehead atoms. The molecule has 0 saturated heterocycles. The van der Waals surface area contributed by atoms with E-state index in [2.05, 4.69) is 4.98 Å². The van der Waals surface area contributed by atoms with Gasteiger partial charge in [-0.25, -0.2) is 9.37 Å². The van der Waals surface area contributed by atoms with Crippen LogP contribution in [0.5, 0.6) is 0 Å². The van der Waals surface area contributed by atoms with E-state index in [-0.39, 0.29) is 12.3 Å². The molecule has 0 aliphatic rings. The molecule has 1 N–H and O–H groups in total. The van der Waals surface area contributed by atoms with Crippen molar-refractivity contribution in [2.75, 3.05) is 0 Å². The molecular weight excluding hydrogens is 223 g/mol. The first-order valence-corrected chi connectivity index (χ1v) is 5.37. The minimum Gasteiger partial charge on any atom is -0.481 e. The van der Waals surface area contributed by atoms with Crippen LogP contribution in [0.3, 0.4) is 0 Å². The average molecular weight is 236 g/mol. The van der Waals surface area contributed by atoms with E-state index in [0.29, 0.717) is 17.0 Å². The Bertz CT molecular complexity index is 575. The van der Waals surface area contributed by atoms with Gasteiger partial charge in [0.15, 0.2) is 0 Å². The van der Waals surface area contributed by atoms with Crippen molar-refractivity contribution in [1.29, 1.82) is 0 Å². The van der Waals surface area contributed by atoms with Crippen LogP contribution in [0.2, 0.25) is 0 Å². The molecule has 2 aromatic rings. The number of aromatic nitrogens is 2. The van der Waals surface area contributed by atoms with Gasteiger partial charge in [0.05, 0.1) is 17.8 Å². The fraction of sp³-hybridized carbons (Fsp3) is 0.333. The highest BCUT2D eigenvalue weighted by atomic mass is 19.1. The van der Waals surface area contributed by atoms with Crippen LogP contribution < -0.4 is 0 Å². The lowest BCUT2D eigenvalue weighted by Gasteiger charge is -2.04. The summed E-state index contributed by atoms with van der Waals surface area (Å²) in [5.41, 5.74) is 1.83. The lowest BCUT2D eigenvalue weighted by atomic mass is 10.1. The summed E-state index contributed by atoms with van der Waals surface area (Å²) in [6.07, 6.45) is 1.12. The first-order valence-electron chi connectivity index (χ1n) is 5.37. The first-order chi connectivity index (χ1) is 7.99. The second kappa shape index (κ2) is 4.16. The van der Waals surface area contributed by atoms with Crippen molar-refractivity contribution < 1.29 is 14.3 Å². The summed E-state index contributed by atoms with van der Waals surface area (Å²) in [7, 11) is 0. The minimum atomic E-state index is -0.946. The van der Waals surface area contributed by atoms with Crippen molar-refractivity contribution in [2.45, 2.75) is 26.2 Å². The van der Waals surface area contributed by atoms with Crippen LogP contribution in [0.25, 0.3) is 5.65 Å². The molecular formula is C12H13FN2O2. The molecule has 0 unspecified atom stereocenters. The maximum atomic E-state index is 13.2. The van der Waals surface area contributed by atoms with Crippen LogP contribution in [-0.4, -0.2) is 20.5 Å². The largest absolute Gasteiger partial charge is 0.481 e. The molecule has 2 aromatic heterocycles. The fourth-order valence-corrected chi connectivity index (χ4v) is 1.87. The Morgan fingerprint density at radius 3 is 2.82 bits per heavy atom. The minimum absolute atomic E-state index is 0.104. The molecule has 0 fully saturated rings. The van der Waals surface area contributed by atoms with Gasteiger partial charge < -0.3 is 9.51 Å². The highest BCUT2D eigenvalue weighted by Gasteiger charge is 2.17. The summed E-state index contributed by atoms with van der Waals surface area (Å²) in [6, 6.07) is 2.86. The van der Waals surface area contributed by atoms with Gasteiger partial charge in [-0.05, 0) is 18.1 Å². The quantitative estimate of drug-likeness (QED) is 0.889. The van der Waals surface area contributed by atoms with Gasteiger partial charge in [0, 0.05) is 6.20 Å². The number of imidazole rings is 1. The van der Waals surface area contributed by atoms with Crippen molar-refractivity contribution in [3.05, 3.63) is 35.5 Å². The molecule has 0 aromatic carbocycles. The van der Waals surface area contributed by atoms with Gasteiger partial charge in [0.1, 0.15) is 11.5 Å². The van der Waals surface area contributed by atoms with Crippen LogP contribution >= 0.6 is 0 Å². The van der Waals surface area contributed by atoms with Gasteiger partial charge in [-0.15, -0.1) is 0 Å². The number of aliphatic carboxylic acids is 1. The van der Waals surface area contributed by atoms with Crippen LogP contribution in [0, 0.1) is 5.82 Å². The van der Waals surface area contributed by atoms with E-state index in [1.165, 1.54) is 16.7 Å². The molecule has 0 aliphatic carbocycles. The van der Waals surface area contributed by atoms with Gasteiger partial charge in [-0.1, -0.05) is 13.8 Å². The molecule has 0 radical (unpaired) electrons. The van der Waals surface area contributed by atoms with E-state index < -0.39 is 11.8 Å². The zero-order valence-corrected chi connectivity index (χ0v) is 9.64. The number of rotatable bonds is 3.